The van der Waals surface area contributed by atoms with Crippen LogP contribution in [-0.2, 0) is 23.9 Å². The molecule has 0 radical (unpaired) electrons. The first-order chi connectivity index (χ1) is 9.57. The van der Waals surface area contributed by atoms with Crippen molar-refractivity contribution in [2.45, 2.75) is 43.7 Å². The Morgan fingerprint density at radius 2 is 2.00 bits per heavy atom. The summed E-state index contributed by atoms with van der Waals surface area (Å²) in [6, 6.07) is 0. The molecule has 0 bridgehead atoms. The van der Waals surface area contributed by atoms with E-state index in [4.69, 9.17) is 16.2 Å². The number of rotatable bonds is 3. The van der Waals surface area contributed by atoms with Crippen molar-refractivity contribution in [2.24, 2.45) is 0 Å². The SMILES string of the molecule is O=C=O.[C-]#[N+]C1(CC)CC=C(OS(=O)(=O)C(F)(F)F)CC1. The molecule has 0 saturated carbocycles. The number of carbonyl (C=O) groups excluding carboxylic acids is 2. The molecule has 21 heavy (non-hydrogen) atoms. The molecule has 118 valence electrons. The van der Waals surface area contributed by atoms with E-state index in [0.717, 1.165) is 0 Å². The van der Waals surface area contributed by atoms with Crippen LogP contribution >= 0.6 is 0 Å². The monoisotopic (exact) mass is 327 g/mol. The topological polar surface area (TPSA) is 81.9 Å². The quantitative estimate of drug-likeness (QED) is 0.452. The molecular formula is C11H12F3NO5S. The van der Waals surface area contributed by atoms with Gasteiger partial charge in [0.05, 0.1) is 0 Å². The molecule has 0 aromatic heterocycles. The number of hydrogen-bond acceptors (Lipinski definition) is 5. The first-order valence-corrected chi connectivity index (χ1v) is 7.06. The van der Waals surface area contributed by atoms with Crippen molar-refractivity contribution in [3.05, 3.63) is 23.3 Å². The summed E-state index contributed by atoms with van der Waals surface area (Å²) in [5.41, 5.74) is -6.07. The minimum atomic E-state index is -5.59. The van der Waals surface area contributed by atoms with Crippen molar-refractivity contribution >= 4 is 16.3 Å². The van der Waals surface area contributed by atoms with E-state index in [1.807, 2.05) is 6.92 Å². The van der Waals surface area contributed by atoms with Gasteiger partial charge >= 0.3 is 21.8 Å². The zero-order valence-corrected chi connectivity index (χ0v) is 11.8. The average Bonchev–Trinajstić information content (AvgIpc) is 2.39. The van der Waals surface area contributed by atoms with Gasteiger partial charge < -0.3 is 9.03 Å². The van der Waals surface area contributed by atoms with Crippen molar-refractivity contribution in [2.75, 3.05) is 0 Å². The van der Waals surface area contributed by atoms with E-state index in [-0.39, 0.29) is 24.8 Å². The maximum Gasteiger partial charge on any atom is 0.534 e. The summed E-state index contributed by atoms with van der Waals surface area (Å²) in [6.07, 6.45) is 2.59. The lowest BCUT2D eigenvalue weighted by Gasteiger charge is -2.24. The Balaban J connectivity index is 0.00000122. The van der Waals surface area contributed by atoms with Crippen molar-refractivity contribution in [1.29, 1.82) is 0 Å². The Morgan fingerprint density at radius 1 is 1.48 bits per heavy atom. The molecule has 6 nitrogen and oxygen atoms in total. The third kappa shape index (κ3) is 5.21. The molecule has 0 aromatic carbocycles. The van der Waals surface area contributed by atoms with Crippen molar-refractivity contribution < 1.29 is 35.4 Å². The van der Waals surface area contributed by atoms with Gasteiger partial charge in [0.1, 0.15) is 5.76 Å². The lowest BCUT2D eigenvalue weighted by molar-refractivity contribution is -0.191. The van der Waals surface area contributed by atoms with Gasteiger partial charge in [-0.15, -0.1) is 0 Å². The van der Waals surface area contributed by atoms with Gasteiger partial charge in [-0.2, -0.15) is 31.2 Å². The zero-order chi connectivity index (χ0) is 16.7. The van der Waals surface area contributed by atoms with Gasteiger partial charge in [-0.25, -0.2) is 6.57 Å². The number of halogens is 3. The van der Waals surface area contributed by atoms with Crippen LogP contribution in [0.3, 0.4) is 0 Å². The van der Waals surface area contributed by atoms with Crippen molar-refractivity contribution in [3.8, 4) is 0 Å². The van der Waals surface area contributed by atoms with E-state index in [2.05, 4.69) is 9.03 Å². The van der Waals surface area contributed by atoms with Crippen LogP contribution in [0.2, 0.25) is 0 Å². The molecule has 0 spiro atoms. The Morgan fingerprint density at radius 3 is 2.29 bits per heavy atom. The summed E-state index contributed by atoms with van der Waals surface area (Å²) in [4.78, 5) is 19.7. The van der Waals surface area contributed by atoms with Crippen LogP contribution in [0, 0.1) is 6.57 Å². The summed E-state index contributed by atoms with van der Waals surface area (Å²) in [7, 11) is -5.59. The van der Waals surface area contributed by atoms with E-state index in [9.17, 15) is 21.6 Å². The molecule has 0 heterocycles. The van der Waals surface area contributed by atoms with Crippen LogP contribution < -0.4 is 0 Å². The van der Waals surface area contributed by atoms with Gasteiger partial charge in [-0.1, -0.05) is 6.92 Å². The summed E-state index contributed by atoms with van der Waals surface area (Å²) < 4.78 is 61.8. The number of hydrogen-bond donors (Lipinski definition) is 0. The molecule has 0 saturated heterocycles. The molecule has 1 unspecified atom stereocenters. The van der Waals surface area contributed by atoms with Crippen molar-refractivity contribution in [1.82, 2.24) is 0 Å². The van der Waals surface area contributed by atoms with E-state index in [0.29, 0.717) is 12.8 Å². The lowest BCUT2D eigenvalue weighted by atomic mass is 9.83. The Bertz CT molecular complexity index is 570. The summed E-state index contributed by atoms with van der Waals surface area (Å²) in [5.74, 6) is -0.236. The first-order valence-electron chi connectivity index (χ1n) is 5.65. The molecular weight excluding hydrogens is 315 g/mol. The van der Waals surface area contributed by atoms with Crippen LogP contribution in [-0.4, -0.2) is 25.6 Å². The molecule has 1 atom stereocenters. The van der Waals surface area contributed by atoms with Crippen LogP contribution in [0.4, 0.5) is 13.2 Å². The summed E-state index contributed by atoms with van der Waals surface area (Å²) in [6.45, 7) is 8.86. The number of alkyl halides is 3. The van der Waals surface area contributed by atoms with Gasteiger partial charge in [0, 0.05) is 25.7 Å². The molecule has 1 aliphatic rings. The third-order valence-electron chi connectivity index (χ3n) is 2.94. The fraction of sp³-hybridized carbons (Fsp3) is 0.636. The van der Waals surface area contributed by atoms with Gasteiger partial charge in [0.25, 0.3) is 0 Å². The molecule has 0 N–H and O–H groups in total. The van der Waals surface area contributed by atoms with E-state index in [1.165, 1.54) is 6.08 Å². The highest BCUT2D eigenvalue weighted by molar-refractivity contribution is 7.87. The molecule has 0 fully saturated rings. The highest BCUT2D eigenvalue weighted by Crippen LogP contribution is 2.36. The minimum Gasteiger partial charge on any atom is -0.381 e. The van der Waals surface area contributed by atoms with Gasteiger partial charge in [0.15, 0.2) is 0 Å². The average molecular weight is 327 g/mol. The normalized spacial score (nSPS) is 22.0. The highest BCUT2D eigenvalue weighted by atomic mass is 32.2. The summed E-state index contributed by atoms with van der Waals surface area (Å²) >= 11 is 0. The van der Waals surface area contributed by atoms with Gasteiger partial charge in [-0.05, 0) is 6.08 Å². The Labute approximate surface area is 119 Å². The van der Waals surface area contributed by atoms with Crippen LogP contribution in [0.25, 0.3) is 4.85 Å². The standard InChI is InChI=1S/C10H12F3NO3S.CO2/c1-3-9(14-2)6-4-8(5-7-9)17-18(15,16)10(11,12)13;2-1-3/h4H,3,5-7H2,1H3;. The zero-order valence-electron chi connectivity index (χ0n) is 10.9. The first kappa shape index (κ1) is 19.1. The van der Waals surface area contributed by atoms with Crippen LogP contribution in [0.15, 0.2) is 11.8 Å². The second-order valence-electron chi connectivity index (χ2n) is 4.13. The maximum absolute atomic E-state index is 12.1. The predicted octanol–water partition coefficient (Wildman–Crippen LogP) is 2.40. The van der Waals surface area contributed by atoms with E-state index >= 15 is 0 Å². The summed E-state index contributed by atoms with van der Waals surface area (Å²) in [5, 5.41) is 0. The van der Waals surface area contributed by atoms with E-state index in [1.54, 1.807) is 0 Å². The molecule has 0 aliphatic heterocycles. The molecule has 1 rings (SSSR count). The minimum absolute atomic E-state index is 0.0194. The Hall–Kier alpha value is -1.85. The van der Waals surface area contributed by atoms with Gasteiger partial charge in [0.2, 0.25) is 5.54 Å². The molecule has 1 aliphatic carbocycles. The highest BCUT2D eigenvalue weighted by Gasteiger charge is 2.49. The second kappa shape index (κ2) is 7.24. The van der Waals surface area contributed by atoms with Crippen LogP contribution in [0.1, 0.15) is 32.6 Å². The predicted molar refractivity (Wildman–Crippen MR) is 62.6 cm³/mol. The largest absolute Gasteiger partial charge is 0.534 e. The van der Waals surface area contributed by atoms with Gasteiger partial charge in [-0.3, -0.25) is 0 Å². The second-order valence-corrected chi connectivity index (χ2v) is 5.67. The van der Waals surface area contributed by atoms with Crippen LogP contribution in [0.5, 0.6) is 0 Å². The number of allylic oxidation sites excluding steroid dienone is 1. The third-order valence-corrected chi connectivity index (χ3v) is 3.94. The smallest absolute Gasteiger partial charge is 0.381 e. The number of nitrogens with zero attached hydrogens (tertiary/aromatic N) is 1. The molecule has 10 heteroatoms. The lowest BCUT2D eigenvalue weighted by Crippen LogP contribution is -2.29. The molecule has 0 amide bonds. The fourth-order valence-corrected chi connectivity index (χ4v) is 2.16. The van der Waals surface area contributed by atoms with E-state index < -0.39 is 21.2 Å². The molecule has 0 aromatic rings. The fourth-order valence-electron chi connectivity index (χ4n) is 1.63. The Kier molecular flexibility index (Phi) is 6.60. The maximum atomic E-state index is 12.1. The van der Waals surface area contributed by atoms with Crippen molar-refractivity contribution in [3.63, 3.8) is 0 Å².